The highest BCUT2D eigenvalue weighted by Gasteiger charge is 2.22. The highest BCUT2D eigenvalue weighted by molar-refractivity contribution is 7.99. The lowest BCUT2D eigenvalue weighted by atomic mass is 10.2. The second kappa shape index (κ2) is 10.8. The van der Waals surface area contributed by atoms with Gasteiger partial charge in [-0.25, -0.2) is 4.79 Å². The molecule has 0 aliphatic carbocycles. The van der Waals surface area contributed by atoms with Crippen molar-refractivity contribution >= 4 is 29.6 Å². The van der Waals surface area contributed by atoms with Crippen molar-refractivity contribution in [3.8, 4) is 5.69 Å². The summed E-state index contributed by atoms with van der Waals surface area (Å²) in [6.07, 6.45) is 0. The van der Waals surface area contributed by atoms with E-state index in [0.29, 0.717) is 30.9 Å². The number of aromatic nitrogens is 3. The fourth-order valence-electron chi connectivity index (χ4n) is 3.24. The van der Waals surface area contributed by atoms with Crippen LogP contribution in [0.4, 0.5) is 10.7 Å². The van der Waals surface area contributed by atoms with E-state index >= 15 is 0 Å². The maximum absolute atomic E-state index is 12.3. The number of nitrogens with zero attached hydrogens (tertiary/aromatic N) is 4. The van der Waals surface area contributed by atoms with Crippen LogP contribution in [0.5, 0.6) is 0 Å². The highest BCUT2D eigenvalue weighted by Crippen LogP contribution is 2.27. The Morgan fingerprint density at radius 1 is 0.969 bits per heavy atom. The highest BCUT2D eigenvalue weighted by atomic mass is 32.2. The van der Waals surface area contributed by atoms with Crippen molar-refractivity contribution < 1.29 is 14.3 Å². The van der Waals surface area contributed by atoms with Gasteiger partial charge in [-0.2, -0.15) is 0 Å². The minimum atomic E-state index is -0.530. The number of imide groups is 1. The summed E-state index contributed by atoms with van der Waals surface area (Å²) in [5, 5.41) is 14.3. The number of carbonyl (C=O) groups excluding carboxylic acids is 2. The van der Waals surface area contributed by atoms with E-state index in [1.807, 2.05) is 65.2 Å². The van der Waals surface area contributed by atoms with Crippen molar-refractivity contribution in [1.29, 1.82) is 0 Å². The van der Waals surface area contributed by atoms with Crippen LogP contribution in [0.15, 0.2) is 65.8 Å². The number of urea groups is 1. The molecule has 3 amide bonds. The molecule has 1 saturated heterocycles. The van der Waals surface area contributed by atoms with Gasteiger partial charge in [-0.15, -0.1) is 10.2 Å². The monoisotopic (exact) mass is 452 g/mol. The molecule has 0 spiro atoms. The summed E-state index contributed by atoms with van der Waals surface area (Å²) in [6.45, 7) is 3.04. The van der Waals surface area contributed by atoms with Gasteiger partial charge < -0.3 is 15.0 Å². The Labute approximate surface area is 190 Å². The molecule has 4 rings (SSSR count). The first-order valence-corrected chi connectivity index (χ1v) is 11.3. The fourth-order valence-corrected chi connectivity index (χ4v) is 3.99. The second-order valence-electron chi connectivity index (χ2n) is 7.06. The van der Waals surface area contributed by atoms with Crippen LogP contribution in [-0.4, -0.2) is 58.8 Å². The zero-order valence-electron chi connectivity index (χ0n) is 17.4. The Morgan fingerprint density at radius 3 is 2.38 bits per heavy atom. The Hall–Kier alpha value is -3.37. The molecule has 10 heteroatoms. The first-order chi connectivity index (χ1) is 15.7. The minimum Gasteiger partial charge on any atom is -0.378 e. The van der Waals surface area contributed by atoms with Gasteiger partial charge in [-0.05, 0) is 17.7 Å². The molecule has 0 bridgehead atoms. The van der Waals surface area contributed by atoms with E-state index in [-0.39, 0.29) is 5.75 Å². The van der Waals surface area contributed by atoms with Crippen LogP contribution in [-0.2, 0) is 16.1 Å². The first-order valence-electron chi connectivity index (χ1n) is 10.3. The summed E-state index contributed by atoms with van der Waals surface area (Å²) < 4.78 is 7.37. The average Bonchev–Trinajstić information content (AvgIpc) is 3.27. The molecule has 1 aliphatic rings. The summed E-state index contributed by atoms with van der Waals surface area (Å²) in [7, 11) is 0. The number of benzene rings is 2. The number of amides is 3. The average molecular weight is 453 g/mol. The number of rotatable bonds is 7. The Kier molecular flexibility index (Phi) is 7.36. The third-order valence-corrected chi connectivity index (χ3v) is 5.73. The Bertz CT molecular complexity index is 1040. The largest absolute Gasteiger partial charge is 0.378 e. The molecule has 0 saturated carbocycles. The number of ether oxygens (including phenoxy) is 1. The van der Waals surface area contributed by atoms with Gasteiger partial charge in [0.05, 0.1) is 24.7 Å². The van der Waals surface area contributed by atoms with Gasteiger partial charge in [0.15, 0.2) is 5.16 Å². The molecule has 1 fully saturated rings. The predicted molar refractivity (Wildman–Crippen MR) is 122 cm³/mol. The van der Waals surface area contributed by atoms with Crippen LogP contribution in [0, 0.1) is 0 Å². The third-order valence-electron chi connectivity index (χ3n) is 4.81. The SMILES string of the molecule is O=C(CSc1nnc(N2CCOCC2)n1-c1ccccc1)NC(=O)NCc1ccccc1. The first kappa shape index (κ1) is 21.8. The Morgan fingerprint density at radius 2 is 1.66 bits per heavy atom. The van der Waals surface area contributed by atoms with Crippen molar-refractivity contribution in [3.63, 3.8) is 0 Å². The molecule has 2 aromatic carbocycles. The third kappa shape index (κ3) is 5.65. The molecule has 1 aliphatic heterocycles. The molecular formula is C22H24N6O3S. The molecule has 0 unspecified atom stereocenters. The maximum atomic E-state index is 12.3. The number of carbonyl (C=O) groups is 2. The fraction of sp³-hybridized carbons (Fsp3) is 0.273. The van der Waals surface area contributed by atoms with E-state index in [9.17, 15) is 9.59 Å². The van der Waals surface area contributed by atoms with Gasteiger partial charge in [-0.1, -0.05) is 60.3 Å². The topological polar surface area (TPSA) is 101 Å². The van der Waals surface area contributed by atoms with Gasteiger partial charge in [-0.3, -0.25) is 14.7 Å². The molecule has 2 heterocycles. The number of nitrogens with one attached hydrogen (secondary N) is 2. The lowest BCUT2D eigenvalue weighted by Gasteiger charge is -2.27. The van der Waals surface area contributed by atoms with E-state index in [1.54, 1.807) is 0 Å². The number of thioether (sulfide) groups is 1. The van der Waals surface area contributed by atoms with E-state index < -0.39 is 11.9 Å². The Balaban J connectivity index is 1.38. The molecule has 32 heavy (non-hydrogen) atoms. The lowest BCUT2D eigenvalue weighted by molar-refractivity contribution is -0.117. The number of morpholine rings is 1. The molecule has 3 aromatic rings. The summed E-state index contributed by atoms with van der Waals surface area (Å²) in [4.78, 5) is 26.5. The van der Waals surface area contributed by atoms with Gasteiger partial charge in [0, 0.05) is 19.6 Å². The summed E-state index contributed by atoms with van der Waals surface area (Å²) in [6, 6.07) is 18.7. The van der Waals surface area contributed by atoms with Gasteiger partial charge in [0.2, 0.25) is 11.9 Å². The molecule has 2 N–H and O–H groups in total. The van der Waals surface area contributed by atoms with E-state index in [1.165, 1.54) is 11.8 Å². The summed E-state index contributed by atoms with van der Waals surface area (Å²) in [5.74, 6) is 0.339. The smallest absolute Gasteiger partial charge is 0.321 e. The maximum Gasteiger partial charge on any atom is 0.321 e. The molecule has 9 nitrogen and oxygen atoms in total. The minimum absolute atomic E-state index is 0.0346. The zero-order chi connectivity index (χ0) is 22.2. The number of hydrogen-bond donors (Lipinski definition) is 2. The van der Waals surface area contributed by atoms with Crippen molar-refractivity contribution in [2.24, 2.45) is 0 Å². The zero-order valence-corrected chi connectivity index (χ0v) is 18.3. The van der Waals surface area contributed by atoms with Crippen LogP contribution in [0.3, 0.4) is 0 Å². The molecular weight excluding hydrogens is 428 g/mol. The lowest BCUT2D eigenvalue weighted by Crippen LogP contribution is -2.40. The van der Waals surface area contributed by atoms with Crippen molar-refractivity contribution in [2.75, 3.05) is 37.0 Å². The van der Waals surface area contributed by atoms with Crippen molar-refractivity contribution in [1.82, 2.24) is 25.4 Å². The van der Waals surface area contributed by atoms with Crippen LogP contribution in [0.2, 0.25) is 0 Å². The molecule has 0 atom stereocenters. The summed E-state index contributed by atoms with van der Waals surface area (Å²) >= 11 is 1.23. The van der Waals surface area contributed by atoms with E-state index in [0.717, 1.165) is 24.3 Å². The number of anilines is 1. The molecule has 1 aromatic heterocycles. The number of hydrogen-bond acceptors (Lipinski definition) is 7. The van der Waals surface area contributed by atoms with Crippen LogP contribution >= 0.6 is 11.8 Å². The normalized spacial score (nSPS) is 13.6. The van der Waals surface area contributed by atoms with Crippen molar-refractivity contribution in [3.05, 3.63) is 66.2 Å². The van der Waals surface area contributed by atoms with E-state index in [2.05, 4.69) is 25.7 Å². The molecule has 166 valence electrons. The quantitative estimate of drug-likeness (QED) is 0.530. The van der Waals surface area contributed by atoms with Crippen LogP contribution in [0.25, 0.3) is 5.69 Å². The van der Waals surface area contributed by atoms with Gasteiger partial charge in [0.25, 0.3) is 0 Å². The predicted octanol–water partition coefficient (Wildman–Crippen LogP) is 2.22. The van der Waals surface area contributed by atoms with E-state index in [4.69, 9.17) is 4.74 Å². The van der Waals surface area contributed by atoms with Crippen LogP contribution in [0.1, 0.15) is 5.56 Å². The summed E-state index contributed by atoms with van der Waals surface area (Å²) in [5.41, 5.74) is 1.86. The molecule has 0 radical (unpaired) electrons. The van der Waals surface area contributed by atoms with Crippen LogP contribution < -0.4 is 15.5 Å². The second-order valence-corrected chi connectivity index (χ2v) is 8.00. The van der Waals surface area contributed by atoms with Crippen molar-refractivity contribution in [2.45, 2.75) is 11.7 Å². The standard InChI is InChI=1S/C22H24N6O3S/c29-19(24-20(30)23-15-17-7-3-1-4-8-17)16-32-22-26-25-21(27-11-13-31-14-12-27)28(22)18-9-5-2-6-10-18/h1-10H,11-16H2,(H2,23,24,29,30). The number of para-hydroxylation sites is 1. The van der Waals surface area contributed by atoms with Gasteiger partial charge in [0.1, 0.15) is 0 Å². The van der Waals surface area contributed by atoms with Gasteiger partial charge >= 0.3 is 6.03 Å².